The molecule has 1 atom stereocenters. The molecule has 0 fully saturated rings. The summed E-state index contributed by atoms with van der Waals surface area (Å²) in [5.41, 5.74) is 10.2. The number of carbonyl (C=O) groups is 3. The third kappa shape index (κ3) is 6.67. The fourth-order valence-corrected chi connectivity index (χ4v) is 2.56. The minimum absolute atomic E-state index is 0.175. The molecule has 152 valence electrons. The normalized spacial score (nSPS) is 10.8. The first-order valence-electron chi connectivity index (χ1n) is 8.83. The summed E-state index contributed by atoms with van der Waals surface area (Å²) in [6.07, 6.45) is -0.373. The van der Waals surface area contributed by atoms with Crippen LogP contribution in [0.25, 0.3) is 10.4 Å². The van der Waals surface area contributed by atoms with Crippen LogP contribution in [0.3, 0.4) is 0 Å². The Labute approximate surface area is 171 Å². The zero-order chi connectivity index (χ0) is 21.9. The summed E-state index contributed by atoms with van der Waals surface area (Å²) in [5.74, 6) is -1.96. The number of carbonyl (C=O) groups excluding carboxylic acids is 2. The molecule has 2 aromatic rings. The Kier molecular flexibility index (Phi) is 7.94. The number of amides is 2. The second kappa shape index (κ2) is 10.8. The van der Waals surface area contributed by atoms with Crippen LogP contribution >= 0.6 is 0 Å². The van der Waals surface area contributed by atoms with Crippen LogP contribution in [0.1, 0.15) is 38.3 Å². The van der Waals surface area contributed by atoms with Gasteiger partial charge in [-0.3, -0.25) is 14.4 Å². The zero-order valence-corrected chi connectivity index (χ0v) is 15.8. The van der Waals surface area contributed by atoms with E-state index in [9.17, 15) is 14.4 Å². The Balaban J connectivity index is 1.95. The van der Waals surface area contributed by atoms with E-state index in [1.54, 1.807) is 42.5 Å². The minimum atomic E-state index is -1.13. The van der Waals surface area contributed by atoms with E-state index < -0.39 is 17.9 Å². The molecule has 0 aliphatic carbocycles. The van der Waals surface area contributed by atoms with Crippen LogP contribution < -0.4 is 10.6 Å². The largest absolute Gasteiger partial charge is 0.481 e. The number of nitrogens with one attached hydrogen (secondary N) is 2. The maximum atomic E-state index is 12.3. The molecule has 0 unspecified atom stereocenters. The number of aliphatic carboxylic acids is 1. The van der Waals surface area contributed by atoms with Gasteiger partial charge in [0.15, 0.2) is 0 Å². The number of nitriles is 1. The Morgan fingerprint density at radius 1 is 1.13 bits per heavy atom. The van der Waals surface area contributed by atoms with Gasteiger partial charge in [-0.1, -0.05) is 23.3 Å². The Morgan fingerprint density at radius 3 is 2.50 bits per heavy atom. The summed E-state index contributed by atoms with van der Waals surface area (Å²) < 4.78 is 0. The molecule has 0 saturated carbocycles. The molecular formula is C20H18N6O4. The Morgan fingerprint density at radius 2 is 1.87 bits per heavy atom. The minimum Gasteiger partial charge on any atom is -0.481 e. The van der Waals surface area contributed by atoms with E-state index in [1.165, 1.54) is 6.07 Å². The lowest BCUT2D eigenvalue weighted by Gasteiger charge is -2.14. The lowest BCUT2D eigenvalue weighted by molar-refractivity contribution is -0.137. The summed E-state index contributed by atoms with van der Waals surface area (Å²) in [6.45, 7) is 0.0433. The van der Waals surface area contributed by atoms with Crippen LogP contribution in [-0.4, -0.2) is 35.5 Å². The molecule has 10 nitrogen and oxygen atoms in total. The molecule has 0 spiro atoms. The van der Waals surface area contributed by atoms with Gasteiger partial charge in [-0.15, -0.1) is 0 Å². The summed E-state index contributed by atoms with van der Waals surface area (Å²) >= 11 is 0. The highest BCUT2D eigenvalue weighted by Gasteiger charge is 2.16. The average Bonchev–Trinajstić information content (AvgIpc) is 2.75. The SMILES string of the molecule is N#Cc1cccc(C(=O)NCc2ccc(C(=O)N[C@H](CN=[N+]=[N-])CC(=O)O)cc2)c1. The second-order valence-electron chi connectivity index (χ2n) is 6.25. The van der Waals surface area contributed by atoms with Gasteiger partial charge in [0.2, 0.25) is 0 Å². The van der Waals surface area contributed by atoms with Crippen molar-refractivity contribution >= 4 is 17.8 Å². The molecule has 2 rings (SSSR count). The van der Waals surface area contributed by atoms with E-state index in [2.05, 4.69) is 20.7 Å². The predicted octanol–water partition coefficient (Wildman–Crippen LogP) is 2.37. The predicted molar refractivity (Wildman–Crippen MR) is 106 cm³/mol. The molecule has 0 aliphatic heterocycles. The van der Waals surface area contributed by atoms with Crippen molar-refractivity contribution < 1.29 is 19.5 Å². The molecule has 0 heterocycles. The first kappa shape index (κ1) is 21.9. The van der Waals surface area contributed by atoms with Gasteiger partial charge < -0.3 is 15.7 Å². The van der Waals surface area contributed by atoms with Crippen molar-refractivity contribution in [2.24, 2.45) is 5.11 Å². The van der Waals surface area contributed by atoms with Gasteiger partial charge in [-0.25, -0.2) is 0 Å². The van der Waals surface area contributed by atoms with Crippen molar-refractivity contribution in [3.63, 3.8) is 0 Å². The zero-order valence-electron chi connectivity index (χ0n) is 15.8. The molecule has 0 radical (unpaired) electrons. The number of carboxylic acids is 1. The number of hydrogen-bond acceptors (Lipinski definition) is 5. The monoisotopic (exact) mass is 406 g/mol. The van der Waals surface area contributed by atoms with Crippen LogP contribution in [-0.2, 0) is 11.3 Å². The third-order valence-corrected chi connectivity index (χ3v) is 4.04. The Bertz CT molecular complexity index is 1020. The number of rotatable bonds is 9. The second-order valence-corrected chi connectivity index (χ2v) is 6.25. The van der Waals surface area contributed by atoms with E-state index in [-0.39, 0.29) is 25.4 Å². The summed E-state index contributed by atoms with van der Waals surface area (Å²) in [4.78, 5) is 37.9. The Hall–Kier alpha value is -4.35. The number of azide groups is 1. The first-order valence-corrected chi connectivity index (χ1v) is 8.83. The van der Waals surface area contributed by atoms with E-state index in [1.807, 2.05) is 6.07 Å². The summed E-state index contributed by atoms with van der Waals surface area (Å²) in [6, 6.07) is 13.9. The number of benzene rings is 2. The van der Waals surface area contributed by atoms with Crippen LogP contribution in [0, 0.1) is 11.3 Å². The third-order valence-electron chi connectivity index (χ3n) is 4.04. The molecule has 0 saturated heterocycles. The van der Waals surface area contributed by atoms with E-state index in [0.717, 1.165) is 5.56 Å². The van der Waals surface area contributed by atoms with Crippen molar-refractivity contribution in [1.82, 2.24) is 10.6 Å². The lowest BCUT2D eigenvalue weighted by atomic mass is 10.1. The number of carboxylic acid groups (broad SMARTS) is 1. The van der Waals surface area contributed by atoms with Crippen molar-refractivity contribution in [2.45, 2.75) is 19.0 Å². The van der Waals surface area contributed by atoms with Gasteiger partial charge >= 0.3 is 5.97 Å². The molecule has 0 aromatic heterocycles. The van der Waals surface area contributed by atoms with Crippen LogP contribution in [0.4, 0.5) is 0 Å². The maximum Gasteiger partial charge on any atom is 0.305 e. The standard InChI is InChI=1S/C20H18N6O4/c21-10-14-2-1-3-16(8-14)19(29)23-11-13-4-6-15(7-5-13)20(30)25-17(9-18(27)28)12-24-26-22/h1-8,17H,9,11-12H2,(H,23,29)(H,25,30)(H,27,28)/t17-/m0/s1. The maximum absolute atomic E-state index is 12.3. The summed E-state index contributed by atoms with van der Waals surface area (Å²) in [5, 5.41) is 26.3. The van der Waals surface area contributed by atoms with Gasteiger partial charge in [-0.2, -0.15) is 5.26 Å². The average molecular weight is 406 g/mol. The van der Waals surface area contributed by atoms with Crippen molar-refractivity contribution in [2.75, 3.05) is 6.54 Å². The topological polar surface area (TPSA) is 168 Å². The molecule has 30 heavy (non-hydrogen) atoms. The molecule has 0 bridgehead atoms. The van der Waals surface area contributed by atoms with E-state index in [0.29, 0.717) is 16.7 Å². The van der Waals surface area contributed by atoms with Gasteiger partial charge in [0, 0.05) is 35.2 Å². The molecular weight excluding hydrogens is 388 g/mol. The fourth-order valence-electron chi connectivity index (χ4n) is 2.56. The van der Waals surface area contributed by atoms with Crippen LogP contribution in [0.2, 0.25) is 0 Å². The smallest absolute Gasteiger partial charge is 0.305 e. The number of hydrogen-bond donors (Lipinski definition) is 3. The highest BCUT2D eigenvalue weighted by atomic mass is 16.4. The molecule has 2 amide bonds. The van der Waals surface area contributed by atoms with E-state index >= 15 is 0 Å². The quantitative estimate of drug-likeness (QED) is 0.329. The molecule has 3 N–H and O–H groups in total. The molecule has 2 aromatic carbocycles. The van der Waals surface area contributed by atoms with Crippen molar-refractivity contribution in [1.29, 1.82) is 5.26 Å². The van der Waals surface area contributed by atoms with Crippen LogP contribution in [0.15, 0.2) is 53.6 Å². The van der Waals surface area contributed by atoms with Crippen molar-refractivity contribution in [3.05, 3.63) is 81.2 Å². The lowest BCUT2D eigenvalue weighted by Crippen LogP contribution is -2.38. The van der Waals surface area contributed by atoms with Gasteiger partial charge in [-0.05, 0) is 41.4 Å². The van der Waals surface area contributed by atoms with Gasteiger partial charge in [0.05, 0.1) is 18.1 Å². The molecule has 0 aliphatic rings. The van der Waals surface area contributed by atoms with Gasteiger partial charge in [0.25, 0.3) is 11.8 Å². The van der Waals surface area contributed by atoms with Crippen molar-refractivity contribution in [3.8, 4) is 6.07 Å². The van der Waals surface area contributed by atoms with E-state index in [4.69, 9.17) is 15.9 Å². The number of nitrogens with zero attached hydrogens (tertiary/aromatic N) is 4. The van der Waals surface area contributed by atoms with Crippen LogP contribution in [0.5, 0.6) is 0 Å². The highest BCUT2D eigenvalue weighted by Crippen LogP contribution is 2.08. The first-order chi connectivity index (χ1) is 14.4. The summed E-state index contributed by atoms with van der Waals surface area (Å²) in [7, 11) is 0. The highest BCUT2D eigenvalue weighted by molar-refractivity contribution is 5.95. The molecule has 10 heteroatoms. The van der Waals surface area contributed by atoms with Gasteiger partial charge in [0.1, 0.15) is 0 Å². The fraction of sp³-hybridized carbons (Fsp3) is 0.200.